The number of para-hydroxylation sites is 1. The molecule has 128 valence electrons. The predicted molar refractivity (Wildman–Crippen MR) is 109 cm³/mol. The van der Waals surface area contributed by atoms with Gasteiger partial charge in [-0.15, -0.1) is 0 Å². The van der Waals surface area contributed by atoms with Crippen LogP contribution in [0.2, 0.25) is 5.02 Å². The van der Waals surface area contributed by atoms with Crippen molar-refractivity contribution in [3.8, 4) is 5.75 Å². The van der Waals surface area contributed by atoms with Crippen LogP contribution in [0.25, 0.3) is 0 Å². The van der Waals surface area contributed by atoms with Gasteiger partial charge in [0.25, 0.3) is 0 Å². The number of nitrogens with one attached hydrogen (secondary N) is 2. The zero-order chi connectivity index (χ0) is 17.7. The molecule has 1 unspecified atom stereocenters. The molecule has 0 fully saturated rings. The van der Waals surface area contributed by atoms with Crippen LogP contribution >= 0.6 is 39.7 Å². The SMILES string of the molecule is Cc1cccc(C)c1OCC(C)NC(=S)Nc1ccc(Br)c(Cl)c1. The van der Waals surface area contributed by atoms with E-state index in [2.05, 4.69) is 26.6 Å². The molecule has 0 aliphatic rings. The number of halogens is 2. The topological polar surface area (TPSA) is 33.3 Å². The van der Waals surface area contributed by atoms with E-state index >= 15 is 0 Å². The van der Waals surface area contributed by atoms with Gasteiger partial charge in [-0.05, 0) is 78.2 Å². The molecule has 0 amide bonds. The van der Waals surface area contributed by atoms with Crippen molar-refractivity contribution in [2.24, 2.45) is 0 Å². The van der Waals surface area contributed by atoms with Gasteiger partial charge in [-0.2, -0.15) is 0 Å². The molecule has 24 heavy (non-hydrogen) atoms. The average Bonchev–Trinajstić information content (AvgIpc) is 2.50. The van der Waals surface area contributed by atoms with Crippen LogP contribution in [0.5, 0.6) is 5.75 Å². The lowest BCUT2D eigenvalue weighted by Gasteiger charge is -2.19. The molecule has 2 aromatic rings. The summed E-state index contributed by atoms with van der Waals surface area (Å²) in [6.45, 7) is 6.64. The van der Waals surface area contributed by atoms with Crippen molar-refractivity contribution in [1.82, 2.24) is 5.32 Å². The van der Waals surface area contributed by atoms with Gasteiger partial charge in [0.1, 0.15) is 12.4 Å². The number of benzene rings is 2. The Bertz CT molecular complexity index is 719. The maximum absolute atomic E-state index is 6.08. The molecule has 3 nitrogen and oxygen atoms in total. The first-order valence-corrected chi connectivity index (χ1v) is 9.16. The second kappa shape index (κ2) is 8.70. The molecule has 0 aliphatic carbocycles. The van der Waals surface area contributed by atoms with Gasteiger partial charge in [0.15, 0.2) is 5.11 Å². The summed E-state index contributed by atoms with van der Waals surface area (Å²) in [4.78, 5) is 0. The van der Waals surface area contributed by atoms with Gasteiger partial charge in [-0.25, -0.2) is 0 Å². The van der Waals surface area contributed by atoms with Crippen LogP contribution in [0.3, 0.4) is 0 Å². The Labute approximate surface area is 161 Å². The van der Waals surface area contributed by atoms with Crippen molar-refractivity contribution >= 4 is 50.5 Å². The minimum absolute atomic E-state index is 0.0647. The Hall–Kier alpha value is -1.30. The highest BCUT2D eigenvalue weighted by Gasteiger charge is 2.09. The van der Waals surface area contributed by atoms with Gasteiger partial charge in [-0.1, -0.05) is 29.8 Å². The summed E-state index contributed by atoms with van der Waals surface area (Å²) in [5, 5.41) is 7.50. The number of anilines is 1. The van der Waals surface area contributed by atoms with E-state index in [9.17, 15) is 0 Å². The highest BCUT2D eigenvalue weighted by molar-refractivity contribution is 9.10. The average molecular weight is 428 g/mol. The van der Waals surface area contributed by atoms with Gasteiger partial charge in [-0.3, -0.25) is 0 Å². The lowest BCUT2D eigenvalue weighted by atomic mass is 10.1. The third kappa shape index (κ3) is 5.36. The molecule has 0 spiro atoms. The highest BCUT2D eigenvalue weighted by Crippen LogP contribution is 2.25. The molecule has 0 saturated heterocycles. The van der Waals surface area contributed by atoms with E-state index in [0.717, 1.165) is 27.0 Å². The minimum Gasteiger partial charge on any atom is -0.491 e. The van der Waals surface area contributed by atoms with Gasteiger partial charge in [0.2, 0.25) is 0 Å². The fraction of sp³-hybridized carbons (Fsp3) is 0.278. The molecule has 1 atom stereocenters. The summed E-state index contributed by atoms with van der Waals surface area (Å²) in [7, 11) is 0. The molecular weight excluding hydrogens is 408 g/mol. The largest absolute Gasteiger partial charge is 0.491 e. The molecule has 2 N–H and O–H groups in total. The molecule has 6 heteroatoms. The number of thiocarbonyl (C=S) groups is 1. The molecule has 2 aromatic carbocycles. The number of hydrogen-bond donors (Lipinski definition) is 2. The summed E-state index contributed by atoms with van der Waals surface area (Å²) in [6.07, 6.45) is 0. The molecule has 0 radical (unpaired) electrons. The highest BCUT2D eigenvalue weighted by atomic mass is 79.9. The molecule has 0 saturated carbocycles. The standard InChI is InChI=1S/C18H20BrClN2OS/c1-11-5-4-6-12(2)17(11)23-10-13(3)21-18(24)22-14-7-8-15(19)16(20)9-14/h4-9,13H,10H2,1-3H3,(H2,21,22,24). The third-order valence-corrected chi connectivity index (χ3v) is 4.89. The van der Waals surface area contributed by atoms with E-state index in [-0.39, 0.29) is 6.04 Å². The summed E-state index contributed by atoms with van der Waals surface area (Å²) >= 11 is 14.8. The van der Waals surface area contributed by atoms with Crippen LogP contribution < -0.4 is 15.4 Å². The van der Waals surface area contributed by atoms with Crippen LogP contribution in [-0.2, 0) is 0 Å². The molecule has 0 aromatic heterocycles. The lowest BCUT2D eigenvalue weighted by molar-refractivity contribution is 0.283. The summed E-state index contributed by atoms with van der Waals surface area (Å²) in [6, 6.07) is 11.8. The predicted octanol–water partition coefficient (Wildman–Crippen LogP) is 5.47. The molecule has 0 aliphatic heterocycles. The van der Waals surface area contributed by atoms with E-state index < -0.39 is 0 Å². The molecular formula is C18H20BrClN2OS. The van der Waals surface area contributed by atoms with Crippen molar-refractivity contribution in [3.63, 3.8) is 0 Å². The summed E-state index contributed by atoms with van der Waals surface area (Å²) < 4.78 is 6.79. The monoisotopic (exact) mass is 426 g/mol. The zero-order valence-electron chi connectivity index (χ0n) is 13.8. The van der Waals surface area contributed by atoms with Crippen LogP contribution in [-0.4, -0.2) is 17.8 Å². The Morgan fingerprint density at radius 1 is 1.25 bits per heavy atom. The summed E-state index contributed by atoms with van der Waals surface area (Å²) in [5.74, 6) is 0.935. The number of ether oxygens (including phenoxy) is 1. The fourth-order valence-electron chi connectivity index (χ4n) is 2.24. The lowest BCUT2D eigenvalue weighted by Crippen LogP contribution is -2.39. The summed E-state index contributed by atoms with van der Waals surface area (Å²) in [5.41, 5.74) is 3.10. The van der Waals surface area contributed by atoms with Gasteiger partial charge < -0.3 is 15.4 Å². The second-order valence-electron chi connectivity index (χ2n) is 5.66. The van der Waals surface area contributed by atoms with Crippen LogP contribution in [0.1, 0.15) is 18.1 Å². The maximum atomic E-state index is 6.08. The van der Waals surface area contributed by atoms with Crippen molar-refractivity contribution in [3.05, 3.63) is 57.0 Å². The number of rotatable bonds is 5. The van der Waals surface area contributed by atoms with E-state index in [0.29, 0.717) is 16.7 Å². The van der Waals surface area contributed by atoms with Crippen LogP contribution in [0.15, 0.2) is 40.9 Å². The second-order valence-corrected chi connectivity index (χ2v) is 7.33. The molecule has 0 bridgehead atoms. The van der Waals surface area contributed by atoms with Crippen molar-refractivity contribution in [1.29, 1.82) is 0 Å². The smallest absolute Gasteiger partial charge is 0.171 e. The quantitative estimate of drug-likeness (QED) is 0.620. The maximum Gasteiger partial charge on any atom is 0.171 e. The Morgan fingerprint density at radius 3 is 2.54 bits per heavy atom. The molecule has 0 heterocycles. The Balaban J connectivity index is 1.86. The van der Waals surface area contributed by atoms with Gasteiger partial charge >= 0.3 is 0 Å². The number of hydrogen-bond acceptors (Lipinski definition) is 2. The van der Waals surface area contributed by atoms with E-state index in [1.165, 1.54) is 0 Å². The first kappa shape index (κ1) is 19.0. The Morgan fingerprint density at radius 2 is 1.92 bits per heavy atom. The first-order valence-electron chi connectivity index (χ1n) is 7.58. The van der Waals surface area contributed by atoms with Gasteiger partial charge in [0, 0.05) is 10.2 Å². The normalized spacial score (nSPS) is 11.7. The third-order valence-electron chi connectivity index (χ3n) is 3.44. The molecule has 2 rings (SSSR count). The van der Waals surface area contributed by atoms with Crippen molar-refractivity contribution < 1.29 is 4.74 Å². The minimum atomic E-state index is 0.0647. The van der Waals surface area contributed by atoms with E-state index in [1.54, 1.807) is 0 Å². The van der Waals surface area contributed by atoms with Gasteiger partial charge in [0.05, 0.1) is 11.1 Å². The fourth-order valence-corrected chi connectivity index (χ4v) is 2.99. The van der Waals surface area contributed by atoms with E-state index in [4.69, 9.17) is 28.6 Å². The van der Waals surface area contributed by atoms with Crippen molar-refractivity contribution in [2.75, 3.05) is 11.9 Å². The first-order chi connectivity index (χ1) is 11.4. The van der Waals surface area contributed by atoms with E-state index in [1.807, 2.05) is 57.2 Å². The van der Waals surface area contributed by atoms with Crippen molar-refractivity contribution in [2.45, 2.75) is 26.8 Å². The van der Waals surface area contributed by atoms with Crippen LogP contribution in [0.4, 0.5) is 5.69 Å². The number of aryl methyl sites for hydroxylation is 2. The zero-order valence-corrected chi connectivity index (χ0v) is 17.0. The Kier molecular flexibility index (Phi) is 6.90. The van der Waals surface area contributed by atoms with Crippen LogP contribution in [0, 0.1) is 13.8 Å².